The number of carboxylic acids is 1. The van der Waals surface area contributed by atoms with Crippen LogP contribution in [0, 0.1) is 0 Å². The first-order chi connectivity index (χ1) is 7.00. The largest absolute Gasteiger partial charge is 0.509 e. The summed E-state index contributed by atoms with van der Waals surface area (Å²) in [5.41, 5.74) is 2.37. The van der Waals surface area contributed by atoms with Crippen LogP contribution < -0.4 is 0 Å². The molecule has 0 aliphatic heterocycles. The molecular weight excluding hydrogens is 192 g/mol. The summed E-state index contributed by atoms with van der Waals surface area (Å²) in [5, 5.41) is 17.7. The molecule has 0 spiro atoms. The summed E-state index contributed by atoms with van der Waals surface area (Å²) in [7, 11) is 0. The monoisotopic (exact) mass is 206 g/mol. The minimum absolute atomic E-state index is 0.0360. The minimum Gasteiger partial charge on any atom is -0.509 e. The molecule has 3 nitrogen and oxygen atoms in total. The van der Waals surface area contributed by atoms with E-state index in [0.717, 1.165) is 17.6 Å². The van der Waals surface area contributed by atoms with Gasteiger partial charge in [-0.15, -0.1) is 0 Å². The smallest absolute Gasteiger partial charge is 0.331 e. The van der Waals surface area contributed by atoms with Gasteiger partial charge in [-0.3, -0.25) is 0 Å². The van der Waals surface area contributed by atoms with Gasteiger partial charge in [0.15, 0.2) is 0 Å². The van der Waals surface area contributed by atoms with Crippen LogP contribution in [0.25, 0.3) is 0 Å². The highest BCUT2D eigenvalue weighted by Gasteiger charge is 2.13. The van der Waals surface area contributed by atoms with Gasteiger partial charge in [0, 0.05) is 5.57 Å². The average Bonchev–Trinajstić information content (AvgIpc) is 2.16. The van der Waals surface area contributed by atoms with Gasteiger partial charge in [-0.25, -0.2) is 4.79 Å². The summed E-state index contributed by atoms with van der Waals surface area (Å²) in [5.74, 6) is -0.914. The zero-order chi connectivity index (χ0) is 11.4. The number of allylic oxidation sites excluding steroid dienone is 5. The highest BCUT2D eigenvalue weighted by atomic mass is 16.4. The lowest BCUT2D eigenvalue weighted by molar-refractivity contribution is -0.132. The maximum absolute atomic E-state index is 10.8. The second-order valence-electron chi connectivity index (χ2n) is 3.54. The van der Waals surface area contributed by atoms with Crippen molar-refractivity contribution in [2.75, 3.05) is 0 Å². The third kappa shape index (κ3) is 3.13. The fourth-order valence-electron chi connectivity index (χ4n) is 1.39. The molecule has 0 fully saturated rings. The molecule has 0 amide bonds. The van der Waals surface area contributed by atoms with Gasteiger partial charge in [-0.1, -0.05) is 18.2 Å². The summed E-state index contributed by atoms with van der Waals surface area (Å²) in [6.45, 7) is 5.28. The van der Waals surface area contributed by atoms with Gasteiger partial charge in [-0.05, 0) is 37.5 Å². The molecule has 0 atom stereocenters. The first-order valence-corrected chi connectivity index (χ1v) is 4.70. The molecule has 0 heterocycles. The molecule has 0 aromatic rings. The van der Waals surface area contributed by atoms with Crippen LogP contribution in [0.2, 0.25) is 0 Å². The Bertz CT molecular complexity index is 384. The van der Waals surface area contributed by atoms with E-state index in [4.69, 9.17) is 10.2 Å². The van der Waals surface area contributed by atoms with Crippen molar-refractivity contribution in [3.8, 4) is 0 Å². The first kappa shape index (κ1) is 11.3. The van der Waals surface area contributed by atoms with Crippen LogP contribution in [0.3, 0.4) is 0 Å². The molecule has 3 heteroatoms. The average molecular weight is 206 g/mol. The molecule has 0 aromatic heterocycles. The lowest BCUT2D eigenvalue weighted by Gasteiger charge is -2.12. The lowest BCUT2D eigenvalue weighted by atomic mass is 9.93. The van der Waals surface area contributed by atoms with Crippen molar-refractivity contribution in [1.29, 1.82) is 0 Å². The summed E-state index contributed by atoms with van der Waals surface area (Å²) in [6, 6.07) is 0. The number of carbonyl (C=O) groups is 1. The van der Waals surface area contributed by atoms with Crippen molar-refractivity contribution >= 4 is 5.97 Å². The Hall–Kier alpha value is -1.77. The maximum atomic E-state index is 10.8. The van der Waals surface area contributed by atoms with E-state index in [0.29, 0.717) is 12.0 Å². The fraction of sp³-hybridized carbons (Fsp3) is 0.250. The number of carboxylic acid groups (broad SMARTS) is 1. The van der Waals surface area contributed by atoms with Crippen LogP contribution >= 0.6 is 0 Å². The molecule has 0 aromatic carbocycles. The standard InChI is InChI=1S/C12H14O3/c1-8-3-5-11(12(14)15)7-10(8)6-4-9(2)13/h4,6-7,13H,2-3,5H2,1H3,(H,14,15)/b6-4-. The van der Waals surface area contributed by atoms with Crippen molar-refractivity contribution in [2.24, 2.45) is 0 Å². The van der Waals surface area contributed by atoms with Crippen molar-refractivity contribution < 1.29 is 15.0 Å². The SMILES string of the molecule is C=C(O)/C=C\C1=C(C)CCC(C(=O)O)=C1. The molecule has 15 heavy (non-hydrogen) atoms. The number of hydrogen-bond donors (Lipinski definition) is 2. The summed E-state index contributed by atoms with van der Waals surface area (Å²) < 4.78 is 0. The predicted molar refractivity (Wildman–Crippen MR) is 58.6 cm³/mol. The molecule has 0 saturated heterocycles. The van der Waals surface area contributed by atoms with E-state index in [9.17, 15) is 4.79 Å². The van der Waals surface area contributed by atoms with Crippen LogP contribution in [-0.4, -0.2) is 16.2 Å². The molecular formula is C12H14O3. The number of aliphatic carboxylic acids is 1. The van der Waals surface area contributed by atoms with Gasteiger partial charge in [-0.2, -0.15) is 0 Å². The Morgan fingerprint density at radius 2 is 2.13 bits per heavy atom. The zero-order valence-electron chi connectivity index (χ0n) is 8.66. The van der Waals surface area contributed by atoms with E-state index >= 15 is 0 Å². The molecule has 0 saturated carbocycles. The summed E-state index contributed by atoms with van der Waals surface area (Å²) in [4.78, 5) is 10.8. The Balaban J connectivity index is 2.95. The van der Waals surface area contributed by atoms with Crippen LogP contribution in [0.1, 0.15) is 19.8 Å². The van der Waals surface area contributed by atoms with E-state index < -0.39 is 5.97 Å². The van der Waals surface area contributed by atoms with Gasteiger partial charge < -0.3 is 10.2 Å². The third-order valence-corrected chi connectivity index (χ3v) is 2.32. The van der Waals surface area contributed by atoms with Gasteiger partial charge >= 0.3 is 5.97 Å². The number of aliphatic hydroxyl groups is 1. The topological polar surface area (TPSA) is 57.5 Å². The van der Waals surface area contributed by atoms with Crippen LogP contribution in [0.4, 0.5) is 0 Å². The molecule has 1 rings (SSSR count). The molecule has 2 N–H and O–H groups in total. The van der Waals surface area contributed by atoms with Gasteiger partial charge in [0.2, 0.25) is 0 Å². The van der Waals surface area contributed by atoms with Crippen molar-refractivity contribution in [1.82, 2.24) is 0 Å². The van der Waals surface area contributed by atoms with Gasteiger partial charge in [0.05, 0.1) is 0 Å². The molecule has 1 aliphatic carbocycles. The maximum Gasteiger partial charge on any atom is 0.331 e. The number of rotatable bonds is 3. The second kappa shape index (κ2) is 4.64. The van der Waals surface area contributed by atoms with Crippen LogP contribution in [-0.2, 0) is 4.79 Å². The molecule has 80 valence electrons. The van der Waals surface area contributed by atoms with Gasteiger partial charge in [0.25, 0.3) is 0 Å². The summed E-state index contributed by atoms with van der Waals surface area (Å²) >= 11 is 0. The quantitative estimate of drug-likeness (QED) is 0.551. The van der Waals surface area contributed by atoms with Gasteiger partial charge in [0.1, 0.15) is 5.76 Å². The Kier molecular flexibility index (Phi) is 3.50. The van der Waals surface area contributed by atoms with Crippen molar-refractivity contribution in [2.45, 2.75) is 19.8 Å². The first-order valence-electron chi connectivity index (χ1n) is 4.70. The number of aliphatic hydroxyl groups excluding tert-OH is 1. The fourth-order valence-corrected chi connectivity index (χ4v) is 1.39. The predicted octanol–water partition coefficient (Wildman–Crippen LogP) is 2.74. The molecule has 0 bridgehead atoms. The Morgan fingerprint density at radius 1 is 1.47 bits per heavy atom. The highest BCUT2D eigenvalue weighted by Crippen LogP contribution is 2.24. The molecule has 1 aliphatic rings. The highest BCUT2D eigenvalue weighted by molar-refractivity contribution is 5.87. The van der Waals surface area contributed by atoms with Crippen molar-refractivity contribution in [3.05, 3.63) is 47.3 Å². The van der Waals surface area contributed by atoms with Crippen LogP contribution in [0.5, 0.6) is 0 Å². The van der Waals surface area contributed by atoms with E-state index in [1.54, 1.807) is 12.2 Å². The van der Waals surface area contributed by atoms with Crippen molar-refractivity contribution in [3.63, 3.8) is 0 Å². The zero-order valence-corrected chi connectivity index (χ0v) is 8.66. The normalized spacial score (nSPS) is 16.7. The minimum atomic E-state index is -0.878. The van der Waals surface area contributed by atoms with E-state index in [1.165, 1.54) is 6.08 Å². The number of hydrogen-bond acceptors (Lipinski definition) is 2. The lowest BCUT2D eigenvalue weighted by Crippen LogP contribution is -2.05. The molecule has 0 radical (unpaired) electrons. The second-order valence-corrected chi connectivity index (χ2v) is 3.54. The van der Waals surface area contributed by atoms with E-state index in [1.807, 2.05) is 6.92 Å². The molecule has 0 unspecified atom stereocenters. The summed E-state index contributed by atoms with van der Waals surface area (Å²) in [6.07, 6.45) is 6.09. The van der Waals surface area contributed by atoms with Crippen LogP contribution in [0.15, 0.2) is 47.3 Å². The van der Waals surface area contributed by atoms with E-state index in [2.05, 4.69) is 6.58 Å². The van der Waals surface area contributed by atoms with E-state index in [-0.39, 0.29) is 5.76 Å². The Labute approximate surface area is 88.7 Å². The third-order valence-electron chi connectivity index (χ3n) is 2.32. The Morgan fingerprint density at radius 3 is 2.67 bits per heavy atom.